The van der Waals surface area contributed by atoms with Crippen molar-refractivity contribution in [3.05, 3.63) is 11.1 Å². The quantitative estimate of drug-likeness (QED) is 0.521. The third-order valence-electron chi connectivity index (χ3n) is 1.36. The molecule has 0 aromatic carbocycles. The van der Waals surface area contributed by atoms with E-state index in [-0.39, 0.29) is 17.8 Å². The number of carbonyl (C=O) groups excluding carboxylic acids is 1. The van der Waals surface area contributed by atoms with E-state index in [1.54, 1.807) is 0 Å². The van der Waals surface area contributed by atoms with E-state index in [1.165, 1.54) is 6.92 Å². The average molecular weight is 142 g/mol. The second-order valence-corrected chi connectivity index (χ2v) is 1.98. The Hall–Kier alpha value is -1.32. The molecule has 1 N–H and O–H groups in total. The zero-order valence-electron chi connectivity index (χ0n) is 5.38. The number of rotatable bonds is 1. The van der Waals surface area contributed by atoms with Crippen molar-refractivity contribution in [1.82, 2.24) is 0 Å². The molecule has 0 aromatic heterocycles. The van der Waals surface area contributed by atoms with Crippen molar-refractivity contribution in [2.75, 3.05) is 6.61 Å². The lowest BCUT2D eigenvalue weighted by Crippen LogP contribution is -2.02. The molecule has 0 aromatic rings. The summed E-state index contributed by atoms with van der Waals surface area (Å²) in [6.45, 7) is 1.35. The molecule has 54 valence electrons. The van der Waals surface area contributed by atoms with Crippen LogP contribution in [0.5, 0.6) is 0 Å². The fourth-order valence-corrected chi connectivity index (χ4v) is 0.700. The van der Waals surface area contributed by atoms with Gasteiger partial charge in [0.2, 0.25) is 0 Å². The van der Waals surface area contributed by atoms with E-state index in [0.29, 0.717) is 0 Å². The molecule has 0 bridgehead atoms. The maximum Gasteiger partial charge on any atom is 0.335 e. The summed E-state index contributed by atoms with van der Waals surface area (Å²) in [4.78, 5) is 20.8. The summed E-state index contributed by atoms with van der Waals surface area (Å²) in [6.07, 6.45) is 0. The number of hydrogen-bond acceptors (Lipinski definition) is 3. The monoisotopic (exact) mass is 142 g/mol. The van der Waals surface area contributed by atoms with E-state index in [2.05, 4.69) is 4.74 Å². The molecule has 1 aliphatic rings. The van der Waals surface area contributed by atoms with Crippen LogP contribution >= 0.6 is 0 Å². The van der Waals surface area contributed by atoms with Crippen LogP contribution in [0.2, 0.25) is 0 Å². The molecule has 1 heterocycles. The van der Waals surface area contributed by atoms with Gasteiger partial charge in [-0.15, -0.1) is 0 Å². The molecular weight excluding hydrogens is 136 g/mol. The van der Waals surface area contributed by atoms with Crippen molar-refractivity contribution in [3.8, 4) is 0 Å². The van der Waals surface area contributed by atoms with Crippen LogP contribution in [-0.4, -0.2) is 23.7 Å². The first-order valence-electron chi connectivity index (χ1n) is 2.73. The van der Waals surface area contributed by atoms with Crippen molar-refractivity contribution in [2.24, 2.45) is 0 Å². The SMILES string of the molecule is CC1=C(C(=O)O)COC1=O. The van der Waals surface area contributed by atoms with E-state index in [1.807, 2.05) is 0 Å². The summed E-state index contributed by atoms with van der Waals surface area (Å²) in [5, 5.41) is 8.41. The zero-order chi connectivity index (χ0) is 7.72. The summed E-state index contributed by atoms with van der Waals surface area (Å²) < 4.78 is 4.45. The summed E-state index contributed by atoms with van der Waals surface area (Å²) in [5.41, 5.74) is 0.262. The molecule has 0 atom stereocenters. The molecule has 0 fully saturated rings. The van der Waals surface area contributed by atoms with Crippen molar-refractivity contribution < 1.29 is 19.4 Å². The summed E-state index contributed by atoms with van der Waals surface area (Å²) in [5.74, 6) is -1.61. The Labute approximate surface area is 57.1 Å². The van der Waals surface area contributed by atoms with Gasteiger partial charge in [-0.25, -0.2) is 9.59 Å². The molecule has 0 saturated carbocycles. The maximum absolute atomic E-state index is 10.5. The summed E-state index contributed by atoms with van der Waals surface area (Å²) >= 11 is 0. The number of carboxylic acids is 1. The highest BCUT2D eigenvalue weighted by Gasteiger charge is 2.25. The third-order valence-corrected chi connectivity index (χ3v) is 1.36. The normalized spacial score (nSPS) is 17.5. The lowest BCUT2D eigenvalue weighted by molar-refractivity contribution is -0.136. The average Bonchev–Trinajstić information content (AvgIpc) is 2.14. The van der Waals surface area contributed by atoms with Crippen molar-refractivity contribution in [2.45, 2.75) is 6.92 Å². The van der Waals surface area contributed by atoms with Crippen LogP contribution in [0.25, 0.3) is 0 Å². The Balaban J connectivity index is 2.96. The largest absolute Gasteiger partial charge is 0.478 e. The van der Waals surface area contributed by atoms with Crippen molar-refractivity contribution >= 4 is 11.9 Å². The second-order valence-electron chi connectivity index (χ2n) is 1.98. The van der Waals surface area contributed by atoms with Gasteiger partial charge in [0.1, 0.15) is 6.61 Å². The number of cyclic esters (lactones) is 1. The van der Waals surface area contributed by atoms with E-state index < -0.39 is 11.9 Å². The summed E-state index contributed by atoms with van der Waals surface area (Å²) in [7, 11) is 0. The predicted octanol–water partition coefficient (Wildman–Crippen LogP) is -0.0557. The first-order chi connectivity index (χ1) is 4.63. The van der Waals surface area contributed by atoms with Crippen LogP contribution in [0, 0.1) is 0 Å². The van der Waals surface area contributed by atoms with Crippen LogP contribution < -0.4 is 0 Å². The Kier molecular flexibility index (Phi) is 1.45. The van der Waals surface area contributed by atoms with Gasteiger partial charge in [0.25, 0.3) is 0 Å². The predicted molar refractivity (Wildman–Crippen MR) is 31.3 cm³/mol. The Bertz CT molecular complexity index is 226. The van der Waals surface area contributed by atoms with E-state index in [0.717, 1.165) is 0 Å². The van der Waals surface area contributed by atoms with Crippen molar-refractivity contribution in [1.29, 1.82) is 0 Å². The Morgan fingerprint density at radius 3 is 2.50 bits per heavy atom. The first-order valence-corrected chi connectivity index (χ1v) is 2.73. The highest BCUT2D eigenvalue weighted by atomic mass is 16.5. The summed E-state index contributed by atoms with van der Waals surface area (Å²) in [6, 6.07) is 0. The fraction of sp³-hybridized carbons (Fsp3) is 0.333. The Morgan fingerprint density at radius 2 is 2.30 bits per heavy atom. The standard InChI is InChI=1S/C6H6O4/c1-3-4(5(7)8)2-10-6(3)9/h2H2,1H3,(H,7,8). The van der Waals surface area contributed by atoms with Crippen molar-refractivity contribution in [3.63, 3.8) is 0 Å². The number of esters is 1. The van der Waals surface area contributed by atoms with Gasteiger partial charge >= 0.3 is 11.9 Å². The van der Waals surface area contributed by atoms with Crippen LogP contribution in [0.1, 0.15) is 6.92 Å². The molecule has 0 amide bonds. The highest BCUT2D eigenvalue weighted by molar-refractivity contribution is 6.02. The van der Waals surface area contributed by atoms with Gasteiger partial charge in [-0.3, -0.25) is 0 Å². The van der Waals surface area contributed by atoms with Crippen LogP contribution in [0.3, 0.4) is 0 Å². The number of ether oxygens (including phenoxy) is 1. The van der Waals surface area contributed by atoms with Crippen LogP contribution in [-0.2, 0) is 14.3 Å². The Morgan fingerprint density at radius 1 is 1.70 bits per heavy atom. The molecule has 0 saturated heterocycles. The first kappa shape index (κ1) is 6.80. The van der Waals surface area contributed by atoms with Gasteiger partial charge in [0.15, 0.2) is 0 Å². The molecule has 1 aliphatic heterocycles. The molecule has 0 radical (unpaired) electrons. The van der Waals surface area contributed by atoms with Crippen LogP contribution in [0.4, 0.5) is 0 Å². The second kappa shape index (κ2) is 2.13. The minimum absolute atomic E-state index is 0.0602. The van der Waals surface area contributed by atoms with Gasteiger partial charge in [-0.1, -0.05) is 0 Å². The third kappa shape index (κ3) is 0.877. The number of carboxylic acid groups (broad SMARTS) is 1. The van der Waals surface area contributed by atoms with E-state index >= 15 is 0 Å². The molecule has 0 spiro atoms. The number of aliphatic carboxylic acids is 1. The fourth-order valence-electron chi connectivity index (χ4n) is 0.700. The minimum Gasteiger partial charge on any atom is -0.478 e. The lowest BCUT2D eigenvalue weighted by atomic mass is 10.2. The van der Waals surface area contributed by atoms with Gasteiger partial charge in [-0.05, 0) is 6.92 Å². The van der Waals surface area contributed by atoms with Gasteiger partial charge < -0.3 is 9.84 Å². The minimum atomic E-state index is -1.08. The van der Waals surface area contributed by atoms with E-state index in [4.69, 9.17) is 5.11 Å². The van der Waals surface area contributed by atoms with Gasteiger partial charge in [0, 0.05) is 5.57 Å². The number of hydrogen-bond donors (Lipinski definition) is 1. The molecule has 10 heavy (non-hydrogen) atoms. The molecule has 0 unspecified atom stereocenters. The molecule has 4 heteroatoms. The molecule has 1 rings (SSSR count). The molecule has 4 nitrogen and oxygen atoms in total. The maximum atomic E-state index is 10.5. The van der Waals surface area contributed by atoms with Gasteiger partial charge in [0.05, 0.1) is 5.57 Å². The number of carbonyl (C=O) groups is 2. The molecular formula is C6H6O4. The van der Waals surface area contributed by atoms with Gasteiger partial charge in [-0.2, -0.15) is 0 Å². The van der Waals surface area contributed by atoms with Crippen LogP contribution in [0.15, 0.2) is 11.1 Å². The lowest BCUT2D eigenvalue weighted by Gasteiger charge is -1.88. The zero-order valence-corrected chi connectivity index (χ0v) is 5.38. The molecule has 0 aliphatic carbocycles. The smallest absolute Gasteiger partial charge is 0.335 e. The highest BCUT2D eigenvalue weighted by Crippen LogP contribution is 2.14. The van der Waals surface area contributed by atoms with E-state index in [9.17, 15) is 9.59 Å². The topological polar surface area (TPSA) is 63.6 Å².